The first kappa shape index (κ1) is 23.3. The maximum Gasteiger partial charge on any atom is 0.265 e. The summed E-state index contributed by atoms with van der Waals surface area (Å²) in [5.41, 5.74) is 1.36. The highest BCUT2D eigenvalue weighted by Crippen LogP contribution is 2.25. The number of piperazine rings is 1. The van der Waals surface area contributed by atoms with Crippen LogP contribution >= 0.6 is 11.3 Å². The number of ether oxygens (including phenoxy) is 2. The van der Waals surface area contributed by atoms with Crippen LogP contribution in [0.2, 0.25) is 0 Å². The summed E-state index contributed by atoms with van der Waals surface area (Å²) in [6.07, 6.45) is 0. The second-order valence-corrected chi connectivity index (χ2v) is 8.61. The fourth-order valence-electron chi connectivity index (χ4n) is 3.77. The van der Waals surface area contributed by atoms with Crippen LogP contribution in [-0.4, -0.2) is 67.9 Å². The molecule has 3 aromatic rings. The first-order valence-corrected chi connectivity index (χ1v) is 11.6. The normalized spacial score (nSPS) is 13.4. The molecule has 1 aromatic heterocycles. The highest BCUT2D eigenvalue weighted by molar-refractivity contribution is 7.12. The topological polar surface area (TPSA) is 88.2 Å². The zero-order valence-electron chi connectivity index (χ0n) is 18.9. The van der Waals surface area contributed by atoms with Crippen LogP contribution in [0.4, 0.5) is 5.69 Å². The fraction of sp³-hybridized carbons (Fsp3) is 0.240. The number of carbonyl (C=O) groups is 3. The van der Waals surface area contributed by atoms with E-state index in [1.807, 2.05) is 5.38 Å². The summed E-state index contributed by atoms with van der Waals surface area (Å²) in [7, 11) is 3.07. The van der Waals surface area contributed by atoms with Gasteiger partial charge in [-0.3, -0.25) is 14.4 Å². The molecule has 0 aliphatic carbocycles. The van der Waals surface area contributed by atoms with Crippen molar-refractivity contribution in [3.05, 3.63) is 76.0 Å². The van der Waals surface area contributed by atoms with E-state index in [0.29, 0.717) is 59.4 Å². The third-order valence-corrected chi connectivity index (χ3v) is 6.47. The van der Waals surface area contributed by atoms with Gasteiger partial charge < -0.3 is 24.6 Å². The lowest BCUT2D eigenvalue weighted by Crippen LogP contribution is -2.50. The van der Waals surface area contributed by atoms with Gasteiger partial charge in [0, 0.05) is 37.8 Å². The molecule has 0 saturated carbocycles. The lowest BCUT2D eigenvalue weighted by Gasteiger charge is -2.35. The average Bonchev–Trinajstić information content (AvgIpc) is 3.43. The third kappa shape index (κ3) is 5.04. The van der Waals surface area contributed by atoms with Crippen molar-refractivity contribution in [3.8, 4) is 11.5 Å². The SMILES string of the molecule is COc1cc(OC)cc(C(=O)N2CCN(C(=O)c3ccccc3NC(=O)c3cccs3)CC2)c1. The fourth-order valence-corrected chi connectivity index (χ4v) is 4.39. The van der Waals surface area contributed by atoms with Crippen molar-refractivity contribution in [1.82, 2.24) is 9.80 Å². The van der Waals surface area contributed by atoms with Gasteiger partial charge >= 0.3 is 0 Å². The zero-order chi connectivity index (χ0) is 24.1. The number of hydrogen-bond acceptors (Lipinski definition) is 6. The summed E-state index contributed by atoms with van der Waals surface area (Å²) < 4.78 is 10.5. The molecule has 176 valence electrons. The van der Waals surface area contributed by atoms with Crippen LogP contribution in [-0.2, 0) is 0 Å². The number of para-hydroxylation sites is 1. The molecule has 1 saturated heterocycles. The number of nitrogens with zero attached hydrogens (tertiary/aromatic N) is 2. The van der Waals surface area contributed by atoms with Crippen LogP contribution in [0.1, 0.15) is 30.4 Å². The van der Waals surface area contributed by atoms with E-state index in [0.717, 1.165) is 0 Å². The van der Waals surface area contributed by atoms with Crippen molar-refractivity contribution < 1.29 is 23.9 Å². The Morgan fingerprint density at radius 2 is 1.44 bits per heavy atom. The number of benzene rings is 2. The van der Waals surface area contributed by atoms with Gasteiger partial charge in [0.15, 0.2) is 0 Å². The summed E-state index contributed by atoms with van der Waals surface area (Å²) >= 11 is 1.34. The van der Waals surface area contributed by atoms with Crippen molar-refractivity contribution in [1.29, 1.82) is 0 Å². The molecule has 1 N–H and O–H groups in total. The van der Waals surface area contributed by atoms with E-state index in [1.165, 1.54) is 25.6 Å². The molecule has 3 amide bonds. The molecule has 0 bridgehead atoms. The number of carbonyl (C=O) groups excluding carboxylic acids is 3. The number of rotatable bonds is 6. The number of anilines is 1. The van der Waals surface area contributed by atoms with E-state index in [4.69, 9.17) is 9.47 Å². The third-order valence-electron chi connectivity index (χ3n) is 5.60. The quantitative estimate of drug-likeness (QED) is 0.584. The molecule has 9 heteroatoms. The minimum atomic E-state index is -0.251. The maximum atomic E-state index is 13.2. The van der Waals surface area contributed by atoms with E-state index in [9.17, 15) is 14.4 Å². The molecular weight excluding hydrogens is 454 g/mol. The summed E-state index contributed by atoms with van der Waals surface area (Å²) in [5, 5.41) is 4.67. The van der Waals surface area contributed by atoms with Crippen molar-refractivity contribution in [3.63, 3.8) is 0 Å². The van der Waals surface area contributed by atoms with Crippen LogP contribution in [0, 0.1) is 0 Å². The number of thiophene rings is 1. The van der Waals surface area contributed by atoms with Crippen LogP contribution in [0.5, 0.6) is 11.5 Å². The Hall–Kier alpha value is -3.85. The molecule has 2 aromatic carbocycles. The van der Waals surface area contributed by atoms with Crippen LogP contribution in [0.25, 0.3) is 0 Å². The minimum Gasteiger partial charge on any atom is -0.497 e. The van der Waals surface area contributed by atoms with Crippen LogP contribution in [0.3, 0.4) is 0 Å². The lowest BCUT2D eigenvalue weighted by atomic mass is 10.1. The van der Waals surface area contributed by atoms with Gasteiger partial charge in [0.25, 0.3) is 17.7 Å². The number of methoxy groups -OCH3 is 2. The number of amides is 3. The Morgan fingerprint density at radius 3 is 2.03 bits per heavy atom. The first-order chi connectivity index (χ1) is 16.5. The molecule has 2 heterocycles. The van der Waals surface area contributed by atoms with E-state index in [1.54, 1.807) is 64.4 Å². The maximum absolute atomic E-state index is 13.2. The number of nitrogens with one attached hydrogen (secondary N) is 1. The molecule has 4 rings (SSSR count). The van der Waals surface area contributed by atoms with Crippen molar-refractivity contribution in [2.75, 3.05) is 45.7 Å². The summed E-state index contributed by atoms with van der Waals surface area (Å²) in [6.45, 7) is 1.57. The first-order valence-electron chi connectivity index (χ1n) is 10.8. The Kier molecular flexibility index (Phi) is 7.12. The zero-order valence-corrected chi connectivity index (χ0v) is 19.8. The minimum absolute atomic E-state index is 0.145. The Morgan fingerprint density at radius 1 is 0.824 bits per heavy atom. The predicted molar refractivity (Wildman–Crippen MR) is 130 cm³/mol. The summed E-state index contributed by atoms with van der Waals surface area (Å²) in [4.78, 5) is 42.7. The Bertz CT molecular complexity index is 1160. The highest BCUT2D eigenvalue weighted by atomic mass is 32.1. The molecular formula is C25H25N3O5S. The van der Waals surface area contributed by atoms with E-state index in [2.05, 4.69) is 5.32 Å². The molecule has 1 aliphatic rings. The van der Waals surface area contributed by atoms with Gasteiger partial charge in [-0.25, -0.2) is 0 Å². The van der Waals surface area contributed by atoms with Gasteiger partial charge in [-0.15, -0.1) is 11.3 Å². The van der Waals surface area contributed by atoms with Gasteiger partial charge in [0.1, 0.15) is 11.5 Å². The van der Waals surface area contributed by atoms with Gasteiger partial charge in [0.2, 0.25) is 0 Å². The van der Waals surface area contributed by atoms with E-state index < -0.39 is 0 Å². The molecule has 0 spiro atoms. The van der Waals surface area contributed by atoms with Crippen molar-refractivity contribution >= 4 is 34.7 Å². The molecule has 1 aliphatic heterocycles. The molecule has 34 heavy (non-hydrogen) atoms. The van der Waals surface area contributed by atoms with E-state index in [-0.39, 0.29) is 17.7 Å². The largest absolute Gasteiger partial charge is 0.497 e. The Labute approximate surface area is 201 Å². The average molecular weight is 480 g/mol. The smallest absolute Gasteiger partial charge is 0.265 e. The molecule has 0 atom stereocenters. The van der Waals surface area contributed by atoms with Crippen LogP contribution in [0.15, 0.2) is 60.0 Å². The molecule has 1 fully saturated rings. The van der Waals surface area contributed by atoms with Crippen LogP contribution < -0.4 is 14.8 Å². The highest BCUT2D eigenvalue weighted by Gasteiger charge is 2.27. The predicted octanol–water partition coefficient (Wildman–Crippen LogP) is 3.62. The van der Waals surface area contributed by atoms with Gasteiger partial charge in [0.05, 0.1) is 30.3 Å². The monoisotopic (exact) mass is 479 g/mol. The lowest BCUT2D eigenvalue weighted by molar-refractivity contribution is 0.0535. The van der Waals surface area contributed by atoms with Gasteiger partial charge in [-0.2, -0.15) is 0 Å². The second kappa shape index (κ2) is 10.4. The van der Waals surface area contributed by atoms with E-state index >= 15 is 0 Å². The van der Waals surface area contributed by atoms with Gasteiger partial charge in [-0.05, 0) is 35.7 Å². The standard InChI is InChI=1S/C25H25N3O5S/c1-32-18-14-17(15-19(16-18)33-2)24(30)27-9-11-28(12-10-27)25(31)20-6-3-4-7-21(20)26-23(29)22-8-5-13-34-22/h3-8,13-16H,9-12H2,1-2H3,(H,26,29). The summed E-state index contributed by atoms with van der Waals surface area (Å²) in [6, 6.07) is 15.6. The molecule has 0 radical (unpaired) electrons. The summed E-state index contributed by atoms with van der Waals surface area (Å²) in [5.74, 6) is 0.500. The van der Waals surface area contributed by atoms with Crippen molar-refractivity contribution in [2.24, 2.45) is 0 Å². The Balaban J connectivity index is 1.43. The van der Waals surface area contributed by atoms with Gasteiger partial charge in [-0.1, -0.05) is 18.2 Å². The van der Waals surface area contributed by atoms with Crippen molar-refractivity contribution in [2.45, 2.75) is 0 Å². The second-order valence-electron chi connectivity index (χ2n) is 7.66. The molecule has 0 unspecified atom stereocenters. The number of hydrogen-bond donors (Lipinski definition) is 1. The molecule has 8 nitrogen and oxygen atoms in total.